The number of carbonyl (C=O) groups excluding carboxylic acids is 2. The fraction of sp³-hybridized carbons (Fsp3) is 0.111. The van der Waals surface area contributed by atoms with Gasteiger partial charge in [-0.25, -0.2) is 0 Å². The van der Waals surface area contributed by atoms with E-state index in [0.29, 0.717) is 17.9 Å². The molecule has 5 nitrogen and oxygen atoms in total. The fourth-order valence-electron chi connectivity index (χ4n) is 3.93. The zero-order valence-electron chi connectivity index (χ0n) is 17.8. The van der Waals surface area contributed by atoms with Gasteiger partial charge in [-0.05, 0) is 41.5 Å². The van der Waals surface area contributed by atoms with Gasteiger partial charge in [0, 0.05) is 16.8 Å². The molecular weight excluding hydrogens is 432 g/mol. The van der Waals surface area contributed by atoms with Crippen molar-refractivity contribution in [1.82, 2.24) is 4.90 Å². The van der Waals surface area contributed by atoms with Crippen molar-refractivity contribution in [3.8, 4) is 11.1 Å². The number of furan rings is 1. The molecule has 0 bridgehead atoms. The quantitative estimate of drug-likeness (QED) is 0.390. The third-order valence-corrected chi connectivity index (χ3v) is 6.85. The topological polar surface area (TPSA) is 62.6 Å². The second-order valence-corrected chi connectivity index (χ2v) is 8.82. The molecule has 0 spiro atoms. The van der Waals surface area contributed by atoms with Crippen LogP contribution in [0, 0.1) is 0 Å². The van der Waals surface area contributed by atoms with E-state index in [4.69, 9.17) is 4.42 Å². The maximum Gasteiger partial charge on any atom is 0.255 e. The van der Waals surface area contributed by atoms with Crippen LogP contribution in [0.5, 0.6) is 0 Å². The Morgan fingerprint density at radius 3 is 2.45 bits per heavy atom. The predicted octanol–water partition coefficient (Wildman–Crippen LogP) is 5.97. The number of nitrogens with zero attached hydrogens (tertiary/aromatic N) is 1. The Labute approximate surface area is 196 Å². The van der Waals surface area contributed by atoms with Gasteiger partial charge in [-0.1, -0.05) is 60.7 Å². The molecule has 0 unspecified atom stereocenters. The van der Waals surface area contributed by atoms with Crippen molar-refractivity contribution in [3.63, 3.8) is 0 Å². The molecule has 33 heavy (non-hydrogen) atoms. The molecule has 1 aliphatic rings. The molecule has 4 aromatic rings. The maximum absolute atomic E-state index is 13.0. The summed E-state index contributed by atoms with van der Waals surface area (Å²) in [6.07, 6.45) is 1.61. The van der Waals surface area contributed by atoms with Gasteiger partial charge in [-0.3, -0.25) is 9.59 Å². The van der Waals surface area contributed by atoms with Gasteiger partial charge in [0.25, 0.3) is 5.91 Å². The smallest absolute Gasteiger partial charge is 0.255 e. The second kappa shape index (κ2) is 9.38. The van der Waals surface area contributed by atoms with E-state index in [1.54, 1.807) is 18.0 Å². The van der Waals surface area contributed by atoms with Crippen LogP contribution >= 0.6 is 11.8 Å². The largest absolute Gasteiger partial charge is 0.467 e. The van der Waals surface area contributed by atoms with E-state index < -0.39 is 0 Å². The van der Waals surface area contributed by atoms with Gasteiger partial charge in [0.2, 0.25) is 5.91 Å². The third kappa shape index (κ3) is 4.56. The number of hydrogen-bond acceptors (Lipinski definition) is 4. The van der Waals surface area contributed by atoms with Crippen LogP contribution in [0.4, 0.5) is 5.69 Å². The van der Waals surface area contributed by atoms with Gasteiger partial charge in [0.05, 0.1) is 18.6 Å². The van der Waals surface area contributed by atoms with Crippen molar-refractivity contribution < 1.29 is 14.0 Å². The van der Waals surface area contributed by atoms with Crippen LogP contribution in [-0.2, 0) is 11.3 Å². The average molecular weight is 455 g/mol. The van der Waals surface area contributed by atoms with Crippen LogP contribution < -0.4 is 5.32 Å². The van der Waals surface area contributed by atoms with Crippen LogP contribution in [-0.4, -0.2) is 22.5 Å². The Kier molecular flexibility index (Phi) is 6.00. The Bertz CT molecular complexity index is 1250. The highest BCUT2D eigenvalue weighted by Gasteiger charge is 2.33. The van der Waals surface area contributed by atoms with E-state index in [2.05, 4.69) is 5.32 Å². The summed E-state index contributed by atoms with van der Waals surface area (Å²) >= 11 is 1.58. The van der Waals surface area contributed by atoms with E-state index >= 15 is 0 Å². The Morgan fingerprint density at radius 2 is 1.70 bits per heavy atom. The zero-order valence-corrected chi connectivity index (χ0v) is 18.6. The number of anilines is 1. The molecule has 6 heteroatoms. The first-order valence-corrected chi connectivity index (χ1v) is 11.7. The summed E-state index contributed by atoms with van der Waals surface area (Å²) in [5, 5.41) is 2.94. The van der Waals surface area contributed by atoms with E-state index in [-0.39, 0.29) is 17.2 Å². The van der Waals surface area contributed by atoms with Crippen LogP contribution in [0.15, 0.2) is 102 Å². The van der Waals surface area contributed by atoms with Gasteiger partial charge in [-0.15, -0.1) is 11.8 Å². The summed E-state index contributed by atoms with van der Waals surface area (Å²) in [4.78, 5) is 27.2. The molecule has 0 saturated carbocycles. The van der Waals surface area contributed by atoms with E-state index in [9.17, 15) is 9.59 Å². The molecule has 1 aliphatic heterocycles. The molecule has 1 saturated heterocycles. The molecule has 2 heterocycles. The lowest BCUT2D eigenvalue weighted by molar-refractivity contribution is -0.128. The number of amides is 2. The third-order valence-electron chi connectivity index (χ3n) is 5.59. The molecule has 0 aliphatic carbocycles. The Hall–Kier alpha value is -3.77. The van der Waals surface area contributed by atoms with Crippen molar-refractivity contribution in [3.05, 3.63) is 114 Å². The van der Waals surface area contributed by atoms with Crippen LogP contribution in [0.3, 0.4) is 0 Å². The normalized spacial score (nSPS) is 15.6. The highest BCUT2D eigenvalue weighted by molar-refractivity contribution is 8.00. The molecule has 2 amide bonds. The number of nitrogens with one attached hydrogen (secondary N) is 1. The molecule has 0 radical (unpaired) electrons. The number of benzene rings is 3. The number of carbonyl (C=O) groups is 2. The monoisotopic (exact) mass is 454 g/mol. The second-order valence-electron chi connectivity index (χ2n) is 7.75. The minimum atomic E-state index is -0.174. The SMILES string of the molecule is O=C(Nc1ccccc1-c1ccccc1)c1ccc([C@H]2SCC(=O)N2Cc2ccco2)cc1. The first-order valence-electron chi connectivity index (χ1n) is 10.7. The average Bonchev–Trinajstić information content (AvgIpc) is 3.50. The zero-order chi connectivity index (χ0) is 22.6. The molecule has 1 atom stereocenters. The predicted molar refractivity (Wildman–Crippen MR) is 131 cm³/mol. The summed E-state index contributed by atoms with van der Waals surface area (Å²) < 4.78 is 5.42. The van der Waals surface area contributed by atoms with E-state index in [1.165, 1.54) is 0 Å². The summed E-state index contributed by atoms with van der Waals surface area (Å²) in [6, 6.07) is 28.9. The highest BCUT2D eigenvalue weighted by Crippen LogP contribution is 2.39. The summed E-state index contributed by atoms with van der Waals surface area (Å²) in [5.74, 6) is 1.10. The molecule has 1 fully saturated rings. The number of rotatable bonds is 6. The van der Waals surface area contributed by atoms with E-state index in [1.807, 2.05) is 95.9 Å². The lowest BCUT2D eigenvalue weighted by Crippen LogP contribution is -2.27. The summed E-state index contributed by atoms with van der Waals surface area (Å²) in [6.45, 7) is 0.433. The van der Waals surface area contributed by atoms with Gasteiger partial charge in [-0.2, -0.15) is 0 Å². The lowest BCUT2D eigenvalue weighted by atomic mass is 10.0. The molecule has 3 aromatic carbocycles. The minimum Gasteiger partial charge on any atom is -0.467 e. The first kappa shape index (κ1) is 21.1. The van der Waals surface area contributed by atoms with Crippen molar-refractivity contribution >= 4 is 29.3 Å². The van der Waals surface area contributed by atoms with Crippen molar-refractivity contribution in [2.45, 2.75) is 11.9 Å². The number of para-hydroxylation sites is 1. The number of thioether (sulfide) groups is 1. The minimum absolute atomic E-state index is 0.0840. The lowest BCUT2D eigenvalue weighted by Gasteiger charge is -2.23. The van der Waals surface area contributed by atoms with Crippen LogP contribution in [0.2, 0.25) is 0 Å². The summed E-state index contributed by atoms with van der Waals surface area (Å²) in [5.41, 5.74) is 4.33. The van der Waals surface area contributed by atoms with Gasteiger partial charge >= 0.3 is 0 Å². The maximum atomic E-state index is 13.0. The van der Waals surface area contributed by atoms with Crippen LogP contribution in [0.25, 0.3) is 11.1 Å². The van der Waals surface area contributed by atoms with Crippen molar-refractivity contribution in [2.75, 3.05) is 11.1 Å². The fourth-order valence-corrected chi connectivity index (χ4v) is 5.11. The van der Waals surface area contributed by atoms with Crippen molar-refractivity contribution in [1.29, 1.82) is 0 Å². The highest BCUT2D eigenvalue weighted by atomic mass is 32.2. The molecular formula is C27H22N2O3S. The summed E-state index contributed by atoms with van der Waals surface area (Å²) in [7, 11) is 0. The Balaban J connectivity index is 1.32. The van der Waals surface area contributed by atoms with Gasteiger partial charge < -0.3 is 14.6 Å². The molecule has 164 valence electrons. The van der Waals surface area contributed by atoms with Gasteiger partial charge in [0.1, 0.15) is 11.1 Å². The van der Waals surface area contributed by atoms with Crippen molar-refractivity contribution in [2.24, 2.45) is 0 Å². The van der Waals surface area contributed by atoms with Crippen LogP contribution in [0.1, 0.15) is 27.1 Å². The Morgan fingerprint density at radius 1 is 0.939 bits per heavy atom. The molecule has 1 aromatic heterocycles. The number of hydrogen-bond donors (Lipinski definition) is 1. The van der Waals surface area contributed by atoms with Gasteiger partial charge in [0.15, 0.2) is 0 Å². The molecule has 1 N–H and O–H groups in total. The first-order chi connectivity index (χ1) is 16.2. The standard InChI is InChI=1S/C27H22N2O3S/c30-25-18-33-27(29(25)17-22-9-6-16-32-22)21-14-12-20(13-15-21)26(31)28-24-11-5-4-10-23(24)19-7-2-1-3-8-19/h1-16,27H,17-18H2,(H,28,31)/t27-/m1/s1. The molecule has 5 rings (SSSR count). The van der Waals surface area contributed by atoms with E-state index in [0.717, 1.165) is 28.1 Å².